The van der Waals surface area contributed by atoms with Crippen LogP contribution in [0.1, 0.15) is 37.7 Å². The van der Waals surface area contributed by atoms with Crippen molar-refractivity contribution in [1.29, 1.82) is 0 Å². The van der Waals surface area contributed by atoms with E-state index in [9.17, 15) is 13.2 Å². The topological polar surface area (TPSA) is 78.5 Å². The molecule has 1 amide bonds. The lowest BCUT2D eigenvalue weighted by Gasteiger charge is -2.27. The number of hydrogen-bond acceptors (Lipinski definition) is 4. The molecule has 0 radical (unpaired) electrons. The van der Waals surface area contributed by atoms with Crippen molar-refractivity contribution in [2.75, 3.05) is 18.4 Å². The van der Waals surface area contributed by atoms with Gasteiger partial charge in [-0.3, -0.25) is 4.79 Å². The van der Waals surface area contributed by atoms with Gasteiger partial charge in [0.25, 0.3) is 0 Å². The van der Waals surface area contributed by atoms with Gasteiger partial charge >= 0.3 is 0 Å². The van der Waals surface area contributed by atoms with E-state index in [4.69, 9.17) is 0 Å². The Morgan fingerprint density at radius 1 is 1.08 bits per heavy atom. The number of anilines is 1. The number of rotatable bonds is 2. The van der Waals surface area contributed by atoms with Gasteiger partial charge in [0.15, 0.2) is 0 Å². The predicted octanol–water partition coefficient (Wildman–Crippen LogP) is 1.90. The van der Waals surface area contributed by atoms with E-state index >= 15 is 0 Å². The maximum Gasteiger partial charge on any atom is 0.243 e. The number of nitrogens with one attached hydrogen (secondary N) is 2. The van der Waals surface area contributed by atoms with Crippen LogP contribution in [0, 0.1) is 0 Å². The van der Waals surface area contributed by atoms with E-state index in [0.717, 1.165) is 56.4 Å². The van der Waals surface area contributed by atoms with Gasteiger partial charge in [0.05, 0.1) is 4.90 Å². The summed E-state index contributed by atoms with van der Waals surface area (Å²) >= 11 is 0. The Kier molecular flexibility index (Phi) is 5.39. The van der Waals surface area contributed by atoms with Crippen LogP contribution in [0.15, 0.2) is 23.1 Å². The molecule has 0 aromatic heterocycles. The van der Waals surface area contributed by atoms with Crippen molar-refractivity contribution in [3.63, 3.8) is 0 Å². The number of aryl methyl sites for hydroxylation is 1. The van der Waals surface area contributed by atoms with Gasteiger partial charge in [-0.15, -0.1) is 12.4 Å². The van der Waals surface area contributed by atoms with Crippen molar-refractivity contribution in [3.05, 3.63) is 23.8 Å². The van der Waals surface area contributed by atoms with Gasteiger partial charge in [-0.25, -0.2) is 8.42 Å². The molecule has 25 heavy (non-hydrogen) atoms. The molecule has 8 heteroatoms. The molecule has 0 aliphatic carbocycles. The Hall–Kier alpha value is -1.15. The zero-order chi connectivity index (χ0) is 16.7. The van der Waals surface area contributed by atoms with Crippen LogP contribution in [0.2, 0.25) is 0 Å². The number of nitrogens with zero attached hydrogens (tertiary/aromatic N) is 1. The number of benzene rings is 1. The molecule has 3 heterocycles. The summed E-state index contributed by atoms with van der Waals surface area (Å²) in [6, 6.07) is 5.30. The van der Waals surface area contributed by atoms with Crippen molar-refractivity contribution in [1.82, 2.24) is 9.62 Å². The van der Waals surface area contributed by atoms with Gasteiger partial charge in [-0.05, 0) is 62.4 Å². The van der Waals surface area contributed by atoms with Crippen molar-refractivity contribution in [2.24, 2.45) is 0 Å². The second-order valence-corrected chi connectivity index (χ2v) is 8.78. The molecule has 0 spiro atoms. The van der Waals surface area contributed by atoms with Crippen LogP contribution in [-0.2, 0) is 21.2 Å². The minimum Gasteiger partial charge on any atom is -0.326 e. The molecular weight excluding hydrogens is 362 g/mol. The highest BCUT2D eigenvalue weighted by Gasteiger charge is 2.43. The SMILES string of the molecule is Cl.O=C1CCCc2cc(S(=O)(=O)N3C4CCNCC3CC4)ccc2N1. The third kappa shape index (κ3) is 3.43. The van der Waals surface area contributed by atoms with E-state index < -0.39 is 10.0 Å². The van der Waals surface area contributed by atoms with Gasteiger partial charge in [0, 0.05) is 30.7 Å². The van der Waals surface area contributed by atoms with Gasteiger partial charge in [-0.2, -0.15) is 4.31 Å². The fourth-order valence-electron chi connectivity index (χ4n) is 4.16. The first-order chi connectivity index (χ1) is 11.6. The number of fused-ring (bicyclic) bond motifs is 3. The highest BCUT2D eigenvalue weighted by molar-refractivity contribution is 7.89. The molecule has 2 fully saturated rings. The molecule has 6 nitrogen and oxygen atoms in total. The lowest BCUT2D eigenvalue weighted by molar-refractivity contribution is -0.116. The number of carbonyl (C=O) groups excluding carboxylic acids is 1. The summed E-state index contributed by atoms with van der Waals surface area (Å²) in [4.78, 5) is 12.0. The van der Waals surface area contributed by atoms with E-state index in [1.807, 2.05) is 0 Å². The second kappa shape index (κ2) is 7.23. The van der Waals surface area contributed by atoms with Crippen LogP contribution in [0.25, 0.3) is 0 Å². The fraction of sp³-hybridized carbons (Fsp3) is 0.588. The maximum atomic E-state index is 13.2. The molecule has 2 unspecified atom stereocenters. The summed E-state index contributed by atoms with van der Waals surface area (Å²) in [5.41, 5.74) is 1.67. The number of amides is 1. The fourth-order valence-corrected chi connectivity index (χ4v) is 6.11. The van der Waals surface area contributed by atoms with E-state index in [2.05, 4.69) is 10.6 Å². The molecule has 4 rings (SSSR count). The molecule has 3 aliphatic rings. The highest BCUT2D eigenvalue weighted by Crippen LogP contribution is 2.35. The van der Waals surface area contributed by atoms with E-state index in [0.29, 0.717) is 11.3 Å². The quantitative estimate of drug-likeness (QED) is 0.815. The molecular formula is C17H24ClN3O3S. The summed E-state index contributed by atoms with van der Waals surface area (Å²) in [6.07, 6.45) is 4.72. The Bertz CT molecular complexity index is 754. The Morgan fingerprint density at radius 2 is 1.88 bits per heavy atom. The molecule has 2 bridgehead atoms. The Morgan fingerprint density at radius 3 is 2.72 bits per heavy atom. The van der Waals surface area contributed by atoms with Crippen LogP contribution in [0.5, 0.6) is 0 Å². The number of sulfonamides is 1. The normalized spacial score (nSPS) is 26.8. The standard InChI is InChI=1S/C17H23N3O3S.ClH/c21-17-3-1-2-12-10-15(6-7-16(12)19-17)24(22,23)20-13-4-5-14(20)11-18-9-8-13;/h6-7,10,13-14,18H,1-5,8-9,11H2,(H,19,21);1H. The van der Waals surface area contributed by atoms with Crippen LogP contribution >= 0.6 is 12.4 Å². The molecule has 2 atom stereocenters. The number of halogens is 1. The third-order valence-electron chi connectivity index (χ3n) is 5.36. The van der Waals surface area contributed by atoms with Crippen LogP contribution < -0.4 is 10.6 Å². The van der Waals surface area contributed by atoms with Gasteiger partial charge in [-0.1, -0.05) is 0 Å². The summed E-state index contributed by atoms with van der Waals surface area (Å²) in [5, 5.41) is 6.20. The summed E-state index contributed by atoms with van der Waals surface area (Å²) < 4.78 is 28.2. The molecule has 2 saturated heterocycles. The first-order valence-electron chi connectivity index (χ1n) is 8.73. The molecule has 1 aromatic rings. The number of hydrogen-bond donors (Lipinski definition) is 2. The summed E-state index contributed by atoms with van der Waals surface area (Å²) in [5.74, 6) is 0.000920. The van der Waals surface area contributed by atoms with Gasteiger partial charge in [0.1, 0.15) is 0 Å². The summed E-state index contributed by atoms with van der Waals surface area (Å²) in [6.45, 7) is 1.61. The first kappa shape index (κ1) is 18.6. The minimum absolute atomic E-state index is 0. The van der Waals surface area contributed by atoms with Crippen LogP contribution in [-0.4, -0.2) is 43.8 Å². The lowest BCUT2D eigenvalue weighted by Crippen LogP contribution is -2.42. The van der Waals surface area contributed by atoms with E-state index in [-0.39, 0.29) is 30.4 Å². The van der Waals surface area contributed by atoms with Gasteiger partial charge in [0.2, 0.25) is 15.9 Å². The monoisotopic (exact) mass is 385 g/mol. The van der Waals surface area contributed by atoms with Crippen molar-refractivity contribution in [3.8, 4) is 0 Å². The van der Waals surface area contributed by atoms with Crippen LogP contribution in [0.4, 0.5) is 5.69 Å². The highest BCUT2D eigenvalue weighted by atomic mass is 35.5. The zero-order valence-corrected chi connectivity index (χ0v) is 15.7. The Labute approximate surface area is 154 Å². The summed E-state index contributed by atoms with van der Waals surface area (Å²) in [7, 11) is -3.50. The second-order valence-electron chi connectivity index (χ2n) is 6.93. The van der Waals surface area contributed by atoms with E-state index in [1.165, 1.54) is 0 Å². The van der Waals surface area contributed by atoms with Crippen molar-refractivity contribution in [2.45, 2.75) is 55.5 Å². The average Bonchev–Trinajstić information content (AvgIpc) is 2.70. The Balaban J connectivity index is 0.00000182. The molecule has 1 aromatic carbocycles. The molecule has 2 N–H and O–H groups in total. The van der Waals surface area contributed by atoms with E-state index in [1.54, 1.807) is 22.5 Å². The average molecular weight is 386 g/mol. The minimum atomic E-state index is -3.50. The molecule has 138 valence electrons. The zero-order valence-electron chi connectivity index (χ0n) is 14.0. The molecule has 0 saturated carbocycles. The first-order valence-corrected chi connectivity index (χ1v) is 10.2. The van der Waals surface area contributed by atoms with Crippen LogP contribution in [0.3, 0.4) is 0 Å². The maximum absolute atomic E-state index is 13.2. The third-order valence-corrected chi connectivity index (χ3v) is 7.36. The van der Waals surface area contributed by atoms with Gasteiger partial charge < -0.3 is 10.6 Å². The van der Waals surface area contributed by atoms with Crippen molar-refractivity contribution < 1.29 is 13.2 Å². The number of carbonyl (C=O) groups is 1. The lowest BCUT2D eigenvalue weighted by atomic mass is 10.1. The van der Waals surface area contributed by atoms with Crippen molar-refractivity contribution >= 4 is 34.0 Å². The smallest absolute Gasteiger partial charge is 0.243 e. The largest absolute Gasteiger partial charge is 0.326 e. The predicted molar refractivity (Wildman–Crippen MR) is 98.6 cm³/mol. The molecule has 3 aliphatic heterocycles.